The van der Waals surface area contributed by atoms with Crippen LogP contribution in [0.3, 0.4) is 0 Å². The molecule has 0 spiro atoms. The second-order valence-corrected chi connectivity index (χ2v) is 5.19. The van der Waals surface area contributed by atoms with Gasteiger partial charge in [0.15, 0.2) is 5.65 Å². The van der Waals surface area contributed by atoms with Gasteiger partial charge in [0.05, 0.1) is 29.4 Å². The Balaban J connectivity index is 0.000000815. The first-order valence-corrected chi connectivity index (χ1v) is 8.17. The van der Waals surface area contributed by atoms with Crippen LogP contribution in [-0.4, -0.2) is 27.7 Å². The Morgan fingerprint density at radius 3 is 3.04 bits per heavy atom. The number of fused-ring (bicyclic) bond motifs is 2. The number of carbonyl (C=O) groups is 1. The first-order valence-electron chi connectivity index (χ1n) is 8.17. The molecule has 6 nitrogen and oxygen atoms in total. The van der Waals surface area contributed by atoms with Crippen molar-refractivity contribution in [3.63, 3.8) is 0 Å². The lowest BCUT2D eigenvalue weighted by Gasteiger charge is -2.19. The average molecular weight is 324 g/mol. The summed E-state index contributed by atoms with van der Waals surface area (Å²) in [4.78, 5) is 16.8. The van der Waals surface area contributed by atoms with Gasteiger partial charge in [0, 0.05) is 6.20 Å². The van der Waals surface area contributed by atoms with Crippen LogP contribution in [0.4, 0.5) is 5.69 Å². The summed E-state index contributed by atoms with van der Waals surface area (Å²) in [5, 5.41) is 10.4. The maximum Gasteiger partial charge on any atom is 0.259 e. The molecule has 0 saturated carbocycles. The fourth-order valence-corrected chi connectivity index (χ4v) is 2.72. The molecule has 0 unspecified atom stereocenters. The number of benzene rings is 1. The van der Waals surface area contributed by atoms with Crippen molar-refractivity contribution >= 4 is 22.6 Å². The second kappa shape index (κ2) is 7.12. The number of rotatable bonds is 2. The van der Waals surface area contributed by atoms with Crippen LogP contribution in [0.25, 0.3) is 11.0 Å². The quantitative estimate of drug-likeness (QED) is 0.755. The van der Waals surface area contributed by atoms with Crippen LogP contribution in [-0.2, 0) is 6.42 Å². The van der Waals surface area contributed by atoms with Gasteiger partial charge in [0.2, 0.25) is 0 Å². The molecule has 6 heteroatoms. The third kappa shape index (κ3) is 2.95. The maximum absolute atomic E-state index is 12.6. The Hall–Kier alpha value is -2.89. The number of aromatic amines is 1. The number of para-hydroxylation sites is 1. The Labute approximate surface area is 140 Å². The number of hydrogen-bond donors (Lipinski definition) is 2. The summed E-state index contributed by atoms with van der Waals surface area (Å²) in [6, 6.07) is 7.44. The van der Waals surface area contributed by atoms with Crippen LogP contribution >= 0.6 is 0 Å². The van der Waals surface area contributed by atoms with E-state index >= 15 is 0 Å². The van der Waals surface area contributed by atoms with Crippen LogP contribution in [0, 0.1) is 0 Å². The predicted octanol–water partition coefficient (Wildman–Crippen LogP) is 3.56. The smallest absolute Gasteiger partial charge is 0.259 e. The summed E-state index contributed by atoms with van der Waals surface area (Å²) in [5.41, 5.74) is 2.97. The van der Waals surface area contributed by atoms with Gasteiger partial charge >= 0.3 is 0 Å². The van der Waals surface area contributed by atoms with E-state index in [-0.39, 0.29) is 5.91 Å². The largest absolute Gasteiger partial charge is 0.492 e. The lowest BCUT2D eigenvalue weighted by Crippen LogP contribution is -2.17. The van der Waals surface area contributed by atoms with Crippen LogP contribution in [0.5, 0.6) is 5.75 Å². The zero-order valence-electron chi connectivity index (χ0n) is 13.8. The van der Waals surface area contributed by atoms with Crippen LogP contribution in [0.1, 0.15) is 36.2 Å². The molecule has 1 aliphatic rings. The summed E-state index contributed by atoms with van der Waals surface area (Å²) >= 11 is 0. The molecule has 1 amide bonds. The molecular formula is C18H20N4O2. The lowest BCUT2D eigenvalue weighted by molar-refractivity contribution is 0.102. The minimum absolute atomic E-state index is 0.188. The molecule has 2 aromatic heterocycles. The van der Waals surface area contributed by atoms with Gasteiger partial charge in [0.25, 0.3) is 5.91 Å². The molecule has 0 radical (unpaired) electrons. The molecule has 4 rings (SSSR count). The number of nitrogens with zero attached hydrogens (tertiary/aromatic N) is 2. The molecule has 0 atom stereocenters. The van der Waals surface area contributed by atoms with E-state index in [0.717, 1.165) is 23.8 Å². The van der Waals surface area contributed by atoms with Crippen molar-refractivity contribution in [2.45, 2.75) is 26.7 Å². The third-order valence-corrected chi connectivity index (χ3v) is 3.78. The van der Waals surface area contributed by atoms with Gasteiger partial charge in [-0.1, -0.05) is 26.0 Å². The minimum Gasteiger partial charge on any atom is -0.492 e. The zero-order valence-corrected chi connectivity index (χ0v) is 13.8. The summed E-state index contributed by atoms with van der Waals surface area (Å²) in [5.74, 6) is 0.510. The lowest BCUT2D eigenvalue weighted by atomic mass is 10.0. The van der Waals surface area contributed by atoms with Crippen molar-refractivity contribution < 1.29 is 9.53 Å². The molecule has 1 aliphatic heterocycles. The maximum atomic E-state index is 12.6. The van der Waals surface area contributed by atoms with E-state index in [2.05, 4.69) is 20.5 Å². The normalized spacial score (nSPS) is 12.6. The van der Waals surface area contributed by atoms with Gasteiger partial charge in [0.1, 0.15) is 5.75 Å². The van der Waals surface area contributed by atoms with E-state index in [1.807, 2.05) is 26.0 Å². The molecule has 1 aromatic carbocycles. The van der Waals surface area contributed by atoms with Gasteiger partial charge < -0.3 is 10.1 Å². The van der Waals surface area contributed by atoms with E-state index in [1.54, 1.807) is 24.5 Å². The summed E-state index contributed by atoms with van der Waals surface area (Å²) in [7, 11) is 0. The van der Waals surface area contributed by atoms with E-state index in [1.165, 1.54) is 0 Å². The SMILES string of the molecule is CC.O=C(Nc1ccnc2[nH]ncc12)c1cccc2c1OCCC2. The predicted molar refractivity (Wildman–Crippen MR) is 93.4 cm³/mol. The Morgan fingerprint density at radius 2 is 2.17 bits per heavy atom. The fourth-order valence-electron chi connectivity index (χ4n) is 2.72. The number of hydrogen-bond acceptors (Lipinski definition) is 4. The molecule has 0 aliphatic carbocycles. The van der Waals surface area contributed by atoms with Crippen molar-refractivity contribution in [3.8, 4) is 5.75 Å². The summed E-state index contributed by atoms with van der Waals surface area (Å²) in [6.07, 6.45) is 5.21. The number of aryl methyl sites for hydroxylation is 1. The Bertz CT molecular complexity index is 857. The van der Waals surface area contributed by atoms with Gasteiger partial charge in [-0.2, -0.15) is 5.10 Å². The highest BCUT2D eigenvalue weighted by molar-refractivity contribution is 6.09. The average Bonchev–Trinajstić information content (AvgIpc) is 3.13. The highest BCUT2D eigenvalue weighted by atomic mass is 16.5. The van der Waals surface area contributed by atoms with Crippen molar-refractivity contribution in [1.82, 2.24) is 15.2 Å². The van der Waals surface area contributed by atoms with Gasteiger partial charge in [-0.25, -0.2) is 4.98 Å². The van der Waals surface area contributed by atoms with Gasteiger partial charge in [-0.3, -0.25) is 9.89 Å². The van der Waals surface area contributed by atoms with Crippen molar-refractivity contribution in [2.24, 2.45) is 0 Å². The van der Waals surface area contributed by atoms with Gasteiger partial charge in [-0.15, -0.1) is 0 Å². The zero-order chi connectivity index (χ0) is 16.9. The first-order chi connectivity index (χ1) is 11.8. The highest BCUT2D eigenvalue weighted by Gasteiger charge is 2.19. The molecule has 2 N–H and O–H groups in total. The molecule has 0 saturated heterocycles. The molecule has 3 heterocycles. The van der Waals surface area contributed by atoms with Crippen molar-refractivity contribution in [2.75, 3.05) is 11.9 Å². The number of carbonyl (C=O) groups excluding carboxylic acids is 1. The van der Waals surface area contributed by atoms with Crippen LogP contribution in [0.15, 0.2) is 36.7 Å². The number of ether oxygens (including phenoxy) is 1. The van der Waals surface area contributed by atoms with Crippen molar-refractivity contribution in [1.29, 1.82) is 0 Å². The first kappa shape index (κ1) is 16.0. The van der Waals surface area contributed by atoms with Gasteiger partial charge in [-0.05, 0) is 30.5 Å². The Kier molecular flexibility index (Phi) is 4.74. The van der Waals surface area contributed by atoms with E-state index in [9.17, 15) is 4.79 Å². The number of H-pyrrole nitrogens is 1. The topological polar surface area (TPSA) is 79.9 Å². The third-order valence-electron chi connectivity index (χ3n) is 3.78. The molecule has 124 valence electrons. The van der Waals surface area contributed by atoms with E-state index in [0.29, 0.717) is 29.3 Å². The fraction of sp³-hybridized carbons (Fsp3) is 0.278. The second-order valence-electron chi connectivity index (χ2n) is 5.19. The molecular weight excluding hydrogens is 304 g/mol. The van der Waals surface area contributed by atoms with Crippen LogP contribution in [0.2, 0.25) is 0 Å². The number of nitrogens with one attached hydrogen (secondary N) is 2. The summed E-state index contributed by atoms with van der Waals surface area (Å²) < 4.78 is 5.69. The van der Waals surface area contributed by atoms with E-state index in [4.69, 9.17) is 4.74 Å². The van der Waals surface area contributed by atoms with Crippen LogP contribution < -0.4 is 10.1 Å². The number of anilines is 1. The number of aromatic nitrogens is 3. The highest BCUT2D eigenvalue weighted by Crippen LogP contribution is 2.30. The number of amides is 1. The molecule has 0 bridgehead atoms. The molecule has 3 aromatic rings. The monoisotopic (exact) mass is 324 g/mol. The van der Waals surface area contributed by atoms with Crippen molar-refractivity contribution in [3.05, 3.63) is 47.8 Å². The van der Waals surface area contributed by atoms with E-state index < -0.39 is 0 Å². The summed E-state index contributed by atoms with van der Waals surface area (Å²) in [6.45, 7) is 4.65. The number of pyridine rings is 1. The molecule has 24 heavy (non-hydrogen) atoms. The standard InChI is InChI=1S/C16H14N4O2.C2H6/c21-16(11-5-1-3-10-4-2-8-22-14(10)11)19-13-6-7-17-15-12(13)9-18-20-15;1-2/h1,3,5-7,9H,2,4,8H2,(H2,17,18,19,20,21);1-2H3. The molecule has 0 fully saturated rings. The Morgan fingerprint density at radius 1 is 1.29 bits per heavy atom. The minimum atomic E-state index is -0.188.